The van der Waals surface area contributed by atoms with Gasteiger partial charge < -0.3 is 9.53 Å². The van der Waals surface area contributed by atoms with Crippen LogP contribution in [0.15, 0.2) is 0 Å². The van der Waals surface area contributed by atoms with Gasteiger partial charge in [0.05, 0.1) is 0 Å². The molecular weight excluding hydrogens is 196 g/mol. The molecule has 0 aliphatic heterocycles. The molecule has 4 heteroatoms. The van der Waals surface area contributed by atoms with Gasteiger partial charge in [0.2, 0.25) is 9.76 Å². The van der Waals surface area contributed by atoms with Gasteiger partial charge >= 0.3 is 6.16 Å². The normalized spacial score (nSPS) is 12.6. The van der Waals surface area contributed by atoms with Gasteiger partial charge in [0.1, 0.15) is 0 Å². The lowest BCUT2D eigenvalue weighted by Crippen LogP contribution is -2.25. The SMILES string of the molecule is CCC(CC)(CC(C)C)[SiH2]OC(=O)O. The molecule has 0 spiro atoms. The van der Waals surface area contributed by atoms with E-state index in [9.17, 15) is 4.79 Å². The average Bonchev–Trinajstić information content (AvgIpc) is 2.11. The van der Waals surface area contributed by atoms with Gasteiger partial charge in [-0.15, -0.1) is 0 Å². The average molecular weight is 218 g/mol. The molecule has 0 aromatic heterocycles. The quantitative estimate of drug-likeness (QED) is 0.697. The van der Waals surface area contributed by atoms with Crippen molar-refractivity contribution in [1.82, 2.24) is 0 Å². The van der Waals surface area contributed by atoms with Gasteiger partial charge in [0.25, 0.3) is 0 Å². The number of rotatable bonds is 6. The number of hydrogen-bond donors (Lipinski definition) is 1. The van der Waals surface area contributed by atoms with Crippen molar-refractivity contribution in [2.45, 2.75) is 52.0 Å². The summed E-state index contributed by atoms with van der Waals surface area (Å²) in [6, 6.07) is 0. The molecule has 0 aliphatic rings. The standard InChI is InChI=1S/C10H22O3Si/c1-5-10(6-2,7-8(3)4)14-13-9(11)12/h8H,5-7,14H2,1-4H3,(H,11,12). The van der Waals surface area contributed by atoms with Crippen molar-refractivity contribution in [2.24, 2.45) is 5.92 Å². The van der Waals surface area contributed by atoms with Crippen LogP contribution in [0.5, 0.6) is 0 Å². The fourth-order valence-corrected chi connectivity index (χ4v) is 3.42. The summed E-state index contributed by atoms with van der Waals surface area (Å²) < 4.78 is 4.85. The maximum absolute atomic E-state index is 10.4. The Bertz CT molecular complexity index is 176. The minimum Gasteiger partial charge on any atom is -0.494 e. The highest BCUT2D eigenvalue weighted by atomic mass is 28.2. The number of carboxylic acid groups (broad SMARTS) is 1. The molecule has 3 nitrogen and oxygen atoms in total. The van der Waals surface area contributed by atoms with Gasteiger partial charge in [-0.1, -0.05) is 40.5 Å². The highest BCUT2D eigenvalue weighted by Gasteiger charge is 2.29. The van der Waals surface area contributed by atoms with E-state index in [0.29, 0.717) is 5.92 Å². The monoisotopic (exact) mass is 218 g/mol. The first-order chi connectivity index (χ1) is 6.45. The van der Waals surface area contributed by atoms with Crippen molar-refractivity contribution in [1.29, 1.82) is 0 Å². The van der Waals surface area contributed by atoms with Crippen LogP contribution < -0.4 is 0 Å². The van der Waals surface area contributed by atoms with Crippen LogP contribution in [0, 0.1) is 5.92 Å². The minimum absolute atomic E-state index is 0.173. The molecule has 1 N–H and O–H groups in total. The second-order valence-electron chi connectivity index (χ2n) is 4.36. The Labute approximate surface area is 88.8 Å². The molecule has 0 aromatic carbocycles. The van der Waals surface area contributed by atoms with Crippen LogP contribution >= 0.6 is 0 Å². The Morgan fingerprint density at radius 1 is 1.43 bits per heavy atom. The fraction of sp³-hybridized carbons (Fsp3) is 0.900. The zero-order chi connectivity index (χ0) is 11.2. The van der Waals surface area contributed by atoms with E-state index in [1.807, 2.05) is 0 Å². The molecule has 0 bridgehead atoms. The van der Waals surface area contributed by atoms with Gasteiger partial charge in [-0.2, -0.15) is 0 Å². The lowest BCUT2D eigenvalue weighted by atomic mass is 9.91. The first-order valence-corrected chi connectivity index (χ1v) is 6.60. The van der Waals surface area contributed by atoms with Crippen LogP contribution in [0.4, 0.5) is 4.79 Å². The second-order valence-corrected chi connectivity index (χ2v) is 6.44. The first kappa shape index (κ1) is 13.5. The van der Waals surface area contributed by atoms with Gasteiger partial charge in [0.15, 0.2) is 0 Å². The van der Waals surface area contributed by atoms with Gasteiger partial charge in [-0.05, 0) is 17.4 Å². The van der Waals surface area contributed by atoms with E-state index in [2.05, 4.69) is 27.7 Å². The largest absolute Gasteiger partial charge is 0.494 e. The van der Waals surface area contributed by atoms with E-state index in [4.69, 9.17) is 9.53 Å². The summed E-state index contributed by atoms with van der Waals surface area (Å²) in [7, 11) is -0.971. The Balaban J connectivity index is 4.28. The van der Waals surface area contributed by atoms with Crippen molar-refractivity contribution in [3.05, 3.63) is 0 Å². The molecule has 0 fully saturated rings. The predicted molar refractivity (Wildman–Crippen MR) is 60.4 cm³/mol. The summed E-state index contributed by atoms with van der Waals surface area (Å²) in [5.74, 6) is 0.611. The zero-order valence-corrected chi connectivity index (χ0v) is 11.1. The number of carbonyl (C=O) groups is 1. The lowest BCUT2D eigenvalue weighted by molar-refractivity contribution is 0.143. The van der Waals surface area contributed by atoms with Crippen LogP contribution in [0.25, 0.3) is 0 Å². The third kappa shape index (κ3) is 4.65. The van der Waals surface area contributed by atoms with Crippen molar-refractivity contribution in [2.75, 3.05) is 0 Å². The summed E-state index contributed by atoms with van der Waals surface area (Å²) in [6.45, 7) is 8.61. The third-order valence-corrected chi connectivity index (χ3v) is 5.14. The van der Waals surface area contributed by atoms with Gasteiger partial charge in [-0.25, -0.2) is 4.79 Å². The molecule has 84 valence electrons. The Morgan fingerprint density at radius 2 is 1.93 bits per heavy atom. The maximum atomic E-state index is 10.4. The maximum Gasteiger partial charge on any atom is 0.491 e. The molecule has 0 atom stereocenters. The summed E-state index contributed by atoms with van der Waals surface area (Å²) in [6.07, 6.45) is 2.04. The second kappa shape index (κ2) is 6.06. The Morgan fingerprint density at radius 3 is 2.21 bits per heavy atom. The summed E-state index contributed by atoms with van der Waals surface area (Å²) >= 11 is 0. The molecule has 0 aromatic rings. The molecule has 0 rings (SSSR count). The summed E-state index contributed by atoms with van der Waals surface area (Å²) in [5, 5.41) is 8.69. The van der Waals surface area contributed by atoms with E-state index in [1.54, 1.807) is 0 Å². The van der Waals surface area contributed by atoms with Crippen LogP contribution in [0.1, 0.15) is 47.0 Å². The first-order valence-electron chi connectivity index (χ1n) is 5.31. The van der Waals surface area contributed by atoms with Crippen molar-refractivity contribution in [3.63, 3.8) is 0 Å². The molecule has 0 unspecified atom stereocenters. The van der Waals surface area contributed by atoms with Crippen LogP contribution in [-0.2, 0) is 4.43 Å². The predicted octanol–water partition coefficient (Wildman–Crippen LogP) is 2.79. The van der Waals surface area contributed by atoms with E-state index in [1.165, 1.54) is 0 Å². The molecule has 0 saturated carbocycles. The number of hydrogen-bond acceptors (Lipinski definition) is 2. The molecule has 0 heterocycles. The molecule has 14 heavy (non-hydrogen) atoms. The summed E-state index contributed by atoms with van der Waals surface area (Å²) in [5.41, 5.74) is 0. The van der Waals surface area contributed by atoms with Gasteiger partial charge in [0, 0.05) is 0 Å². The lowest BCUT2D eigenvalue weighted by Gasteiger charge is -2.31. The van der Waals surface area contributed by atoms with Crippen LogP contribution in [-0.4, -0.2) is 21.0 Å². The van der Waals surface area contributed by atoms with E-state index >= 15 is 0 Å². The molecular formula is C10H22O3Si. The molecule has 0 aliphatic carbocycles. The van der Waals surface area contributed by atoms with Crippen LogP contribution in [0.3, 0.4) is 0 Å². The highest BCUT2D eigenvalue weighted by Crippen LogP contribution is 2.40. The summed E-state index contributed by atoms with van der Waals surface area (Å²) in [4.78, 5) is 10.4. The Kier molecular flexibility index (Phi) is 5.84. The van der Waals surface area contributed by atoms with Crippen molar-refractivity contribution >= 4 is 15.9 Å². The van der Waals surface area contributed by atoms with Crippen molar-refractivity contribution < 1.29 is 14.3 Å². The van der Waals surface area contributed by atoms with Gasteiger partial charge in [-0.3, -0.25) is 0 Å². The van der Waals surface area contributed by atoms with E-state index in [0.717, 1.165) is 19.3 Å². The third-order valence-electron chi connectivity index (χ3n) is 2.84. The topological polar surface area (TPSA) is 46.5 Å². The smallest absolute Gasteiger partial charge is 0.491 e. The molecule has 0 radical (unpaired) electrons. The fourth-order valence-electron chi connectivity index (χ4n) is 1.88. The van der Waals surface area contributed by atoms with E-state index < -0.39 is 15.9 Å². The van der Waals surface area contributed by atoms with E-state index in [-0.39, 0.29) is 5.04 Å². The Hall–Kier alpha value is -0.513. The minimum atomic E-state index is -1.10. The zero-order valence-electron chi connectivity index (χ0n) is 9.67. The molecule has 0 saturated heterocycles. The van der Waals surface area contributed by atoms with Crippen molar-refractivity contribution in [3.8, 4) is 0 Å². The molecule has 0 amide bonds. The van der Waals surface area contributed by atoms with Crippen LogP contribution in [0.2, 0.25) is 5.04 Å². The highest BCUT2D eigenvalue weighted by molar-refractivity contribution is 6.34.